The van der Waals surface area contributed by atoms with Crippen LogP contribution in [0.5, 0.6) is 5.75 Å². The number of ether oxygens (including phenoxy) is 1. The largest absolute Gasteiger partial charge is 0.495 e. The molecule has 3 N–H and O–H groups in total. The fraction of sp³-hybridized carbons (Fsp3) is 0.333. The van der Waals surface area contributed by atoms with Gasteiger partial charge in [0.2, 0.25) is 5.91 Å². The van der Waals surface area contributed by atoms with Crippen LogP contribution in [-0.2, 0) is 4.79 Å². The van der Waals surface area contributed by atoms with Crippen molar-refractivity contribution < 1.29 is 14.3 Å². The van der Waals surface area contributed by atoms with Crippen molar-refractivity contribution in [3.8, 4) is 5.75 Å². The Kier molecular flexibility index (Phi) is 6.58. The average Bonchev–Trinajstić information content (AvgIpc) is 2.61. The van der Waals surface area contributed by atoms with Crippen LogP contribution < -0.4 is 20.7 Å². The molecule has 0 saturated carbocycles. The number of carbonyl (C=O) groups is 2. The summed E-state index contributed by atoms with van der Waals surface area (Å²) in [6.07, 6.45) is 0. The molecule has 2 amide bonds. The monoisotopic (exact) mass is 369 g/mol. The van der Waals surface area contributed by atoms with E-state index >= 15 is 0 Å². The molecule has 0 heterocycles. The van der Waals surface area contributed by atoms with Crippen molar-refractivity contribution in [1.82, 2.24) is 5.32 Å². The van der Waals surface area contributed by atoms with Crippen molar-refractivity contribution in [2.75, 3.05) is 17.7 Å². The number of hydrogen-bond acceptors (Lipinski definition) is 4. The highest BCUT2D eigenvalue weighted by Gasteiger charge is 2.19. The first-order chi connectivity index (χ1) is 12.7. The minimum Gasteiger partial charge on any atom is -0.495 e. The molecule has 0 fully saturated rings. The molecule has 0 saturated heterocycles. The summed E-state index contributed by atoms with van der Waals surface area (Å²) in [7, 11) is 1.55. The summed E-state index contributed by atoms with van der Waals surface area (Å²) in [5.41, 5.74) is 1.57. The van der Waals surface area contributed by atoms with E-state index in [1.54, 1.807) is 43.5 Å². The minimum absolute atomic E-state index is 0.129. The third-order valence-electron chi connectivity index (χ3n) is 3.81. The van der Waals surface area contributed by atoms with Crippen molar-refractivity contribution in [2.45, 2.75) is 39.3 Å². The van der Waals surface area contributed by atoms with Crippen LogP contribution in [0.3, 0.4) is 0 Å². The van der Waals surface area contributed by atoms with Gasteiger partial charge in [0, 0.05) is 16.8 Å². The van der Waals surface area contributed by atoms with Gasteiger partial charge in [-0.25, -0.2) is 0 Å². The van der Waals surface area contributed by atoms with Gasteiger partial charge in [-0.3, -0.25) is 9.59 Å². The van der Waals surface area contributed by atoms with Crippen LogP contribution in [0.4, 0.5) is 11.4 Å². The molecule has 0 radical (unpaired) electrons. The van der Waals surface area contributed by atoms with E-state index in [0.29, 0.717) is 22.7 Å². The molecule has 2 rings (SSSR count). The van der Waals surface area contributed by atoms with E-state index in [0.717, 1.165) is 0 Å². The van der Waals surface area contributed by atoms with Crippen molar-refractivity contribution in [3.05, 3.63) is 54.1 Å². The van der Waals surface area contributed by atoms with Gasteiger partial charge in [-0.05, 0) is 64.1 Å². The van der Waals surface area contributed by atoms with E-state index in [2.05, 4.69) is 16.0 Å². The van der Waals surface area contributed by atoms with Crippen LogP contribution in [0.15, 0.2) is 48.5 Å². The zero-order valence-corrected chi connectivity index (χ0v) is 16.4. The highest BCUT2D eigenvalue weighted by atomic mass is 16.5. The van der Waals surface area contributed by atoms with E-state index in [1.165, 1.54) is 0 Å². The summed E-state index contributed by atoms with van der Waals surface area (Å²) in [5.74, 6) is 0.214. The molecule has 144 valence electrons. The summed E-state index contributed by atoms with van der Waals surface area (Å²) >= 11 is 0. The van der Waals surface area contributed by atoms with E-state index in [4.69, 9.17) is 4.74 Å². The Labute approximate surface area is 160 Å². The van der Waals surface area contributed by atoms with Crippen molar-refractivity contribution in [1.29, 1.82) is 0 Å². The Morgan fingerprint density at radius 1 is 0.963 bits per heavy atom. The maximum Gasteiger partial charge on any atom is 0.255 e. The molecule has 2 aromatic rings. The molecule has 27 heavy (non-hydrogen) atoms. The van der Waals surface area contributed by atoms with Gasteiger partial charge in [0.15, 0.2) is 0 Å². The van der Waals surface area contributed by atoms with Crippen LogP contribution in [-0.4, -0.2) is 30.5 Å². The lowest BCUT2D eigenvalue weighted by Gasteiger charge is -2.25. The molecule has 0 unspecified atom stereocenters. The first-order valence-electron chi connectivity index (χ1n) is 8.82. The topological polar surface area (TPSA) is 79.5 Å². The van der Waals surface area contributed by atoms with Crippen molar-refractivity contribution in [2.24, 2.45) is 0 Å². The molecule has 0 spiro atoms. The molecule has 1 atom stereocenters. The maximum absolute atomic E-state index is 12.4. The van der Waals surface area contributed by atoms with Crippen molar-refractivity contribution in [3.63, 3.8) is 0 Å². The first-order valence-corrected chi connectivity index (χ1v) is 8.82. The summed E-state index contributed by atoms with van der Waals surface area (Å²) in [6, 6.07) is 13.6. The number of benzene rings is 2. The van der Waals surface area contributed by atoms with Crippen LogP contribution in [0.1, 0.15) is 38.1 Å². The van der Waals surface area contributed by atoms with Gasteiger partial charge in [-0.2, -0.15) is 0 Å². The summed E-state index contributed by atoms with van der Waals surface area (Å²) in [5, 5.41) is 8.88. The lowest BCUT2D eigenvalue weighted by molar-refractivity contribution is -0.118. The maximum atomic E-state index is 12.4. The highest BCUT2D eigenvalue weighted by Crippen LogP contribution is 2.23. The first kappa shape index (κ1) is 20.5. The van der Waals surface area contributed by atoms with Crippen LogP contribution in [0.25, 0.3) is 0 Å². The van der Waals surface area contributed by atoms with Crippen LogP contribution in [0, 0.1) is 0 Å². The molecular formula is C21H27N3O3. The van der Waals surface area contributed by atoms with Gasteiger partial charge in [0.05, 0.1) is 18.8 Å². The molecule has 0 aliphatic carbocycles. The zero-order chi connectivity index (χ0) is 20.0. The van der Waals surface area contributed by atoms with Crippen LogP contribution in [0.2, 0.25) is 0 Å². The fourth-order valence-electron chi connectivity index (χ4n) is 2.61. The normalized spacial score (nSPS) is 12.2. The lowest BCUT2D eigenvalue weighted by atomic mass is 10.1. The number of methoxy groups -OCH3 is 1. The fourth-order valence-corrected chi connectivity index (χ4v) is 2.61. The predicted octanol–water partition coefficient (Wildman–Crippen LogP) is 3.66. The molecule has 0 aliphatic rings. The lowest BCUT2D eigenvalue weighted by Crippen LogP contribution is -2.47. The smallest absolute Gasteiger partial charge is 0.255 e. The predicted molar refractivity (Wildman–Crippen MR) is 108 cm³/mol. The van der Waals surface area contributed by atoms with E-state index in [-0.39, 0.29) is 23.4 Å². The standard InChI is InChI=1S/C21H27N3O3/c1-14(24-21(2,3)4)19(25)22-16-12-10-15(11-13-16)20(26)23-17-8-6-7-9-18(17)27-5/h6-14,24H,1-5H3,(H,22,25)(H,23,26)/t14-/m1/s1. The number of anilines is 2. The van der Waals surface area contributed by atoms with E-state index < -0.39 is 0 Å². The van der Waals surface area contributed by atoms with Gasteiger partial charge >= 0.3 is 0 Å². The second-order valence-corrected chi connectivity index (χ2v) is 7.34. The van der Waals surface area contributed by atoms with E-state index in [9.17, 15) is 9.59 Å². The van der Waals surface area contributed by atoms with Gasteiger partial charge in [0.25, 0.3) is 5.91 Å². The van der Waals surface area contributed by atoms with Gasteiger partial charge < -0.3 is 20.7 Å². The molecule has 0 aromatic heterocycles. The second kappa shape index (κ2) is 8.68. The number of amides is 2. The summed E-state index contributed by atoms with van der Waals surface area (Å²) in [4.78, 5) is 24.7. The molecule has 6 heteroatoms. The number of nitrogens with one attached hydrogen (secondary N) is 3. The Morgan fingerprint density at radius 3 is 2.19 bits per heavy atom. The number of carbonyl (C=O) groups excluding carboxylic acids is 2. The minimum atomic E-state index is -0.335. The molecule has 0 bridgehead atoms. The summed E-state index contributed by atoms with van der Waals surface area (Å²) in [6.45, 7) is 7.83. The van der Waals surface area contributed by atoms with E-state index in [1.807, 2.05) is 39.8 Å². The van der Waals surface area contributed by atoms with Crippen molar-refractivity contribution >= 4 is 23.2 Å². The van der Waals surface area contributed by atoms with Crippen LogP contribution >= 0.6 is 0 Å². The molecule has 0 aliphatic heterocycles. The Hall–Kier alpha value is -2.86. The molecular weight excluding hydrogens is 342 g/mol. The second-order valence-electron chi connectivity index (χ2n) is 7.34. The number of rotatable bonds is 6. The Bertz CT molecular complexity index is 795. The van der Waals surface area contributed by atoms with Gasteiger partial charge in [-0.15, -0.1) is 0 Å². The average molecular weight is 369 g/mol. The highest BCUT2D eigenvalue weighted by molar-refractivity contribution is 6.05. The Balaban J connectivity index is 2.00. The molecule has 6 nitrogen and oxygen atoms in total. The quantitative estimate of drug-likeness (QED) is 0.726. The summed E-state index contributed by atoms with van der Waals surface area (Å²) < 4.78 is 5.23. The zero-order valence-electron chi connectivity index (χ0n) is 16.4. The number of para-hydroxylation sites is 2. The third kappa shape index (κ3) is 6.11. The Morgan fingerprint density at radius 2 is 1.59 bits per heavy atom. The number of hydrogen-bond donors (Lipinski definition) is 3. The van der Waals surface area contributed by atoms with Gasteiger partial charge in [-0.1, -0.05) is 12.1 Å². The SMILES string of the molecule is COc1ccccc1NC(=O)c1ccc(NC(=O)[C@@H](C)NC(C)(C)C)cc1. The molecule has 2 aromatic carbocycles. The third-order valence-corrected chi connectivity index (χ3v) is 3.81. The van der Waals surface area contributed by atoms with Gasteiger partial charge in [0.1, 0.15) is 5.75 Å².